The van der Waals surface area contributed by atoms with Gasteiger partial charge in [-0.25, -0.2) is 9.59 Å². The number of hydrogen-bond donors (Lipinski definition) is 0. The van der Waals surface area contributed by atoms with Crippen molar-refractivity contribution < 1.29 is 19.1 Å². The van der Waals surface area contributed by atoms with Crippen LogP contribution in [0.15, 0.2) is 11.1 Å². The Bertz CT molecular complexity index is 592. The summed E-state index contributed by atoms with van der Waals surface area (Å²) in [7, 11) is 0. The maximum absolute atomic E-state index is 13.2. The molecule has 4 nitrogen and oxygen atoms in total. The molecule has 5 heteroatoms. The zero-order chi connectivity index (χ0) is 30.9. The van der Waals surface area contributed by atoms with Crippen LogP contribution in [0.25, 0.3) is 0 Å². The SMILES string of the molecule is CCCCCCCCCCCCC/C(C(=O)OCCCC)=C(\CCCCCCCCCCCCC)C(=O)OCCCC.[SnH2]. The summed E-state index contributed by atoms with van der Waals surface area (Å²) >= 11 is 0. The molecule has 0 aromatic heterocycles. The van der Waals surface area contributed by atoms with Crippen molar-refractivity contribution in [3.8, 4) is 0 Å². The summed E-state index contributed by atoms with van der Waals surface area (Å²) in [6.07, 6.45) is 32.7. The molecule has 0 aromatic carbocycles. The van der Waals surface area contributed by atoms with Gasteiger partial charge >= 0.3 is 35.8 Å². The van der Waals surface area contributed by atoms with Crippen molar-refractivity contribution in [2.75, 3.05) is 13.2 Å². The first kappa shape index (κ1) is 44.6. The summed E-state index contributed by atoms with van der Waals surface area (Å²) in [6, 6.07) is 0. The molecule has 0 rings (SSSR count). The van der Waals surface area contributed by atoms with Gasteiger partial charge in [0.2, 0.25) is 0 Å². The summed E-state index contributed by atoms with van der Waals surface area (Å²) in [4.78, 5) is 26.4. The van der Waals surface area contributed by atoms with Crippen molar-refractivity contribution in [3.05, 3.63) is 11.1 Å². The Morgan fingerprint density at radius 3 is 0.837 bits per heavy atom. The molecule has 0 heterocycles. The van der Waals surface area contributed by atoms with Crippen LogP contribution in [-0.2, 0) is 19.1 Å². The molecule has 0 aliphatic heterocycles. The molecule has 0 aliphatic rings. The van der Waals surface area contributed by atoms with E-state index in [0.29, 0.717) is 37.2 Å². The monoisotopic (exact) mass is 714 g/mol. The number of carbonyl (C=O) groups excluding carboxylic acids is 2. The van der Waals surface area contributed by atoms with E-state index in [1.165, 1.54) is 116 Å². The van der Waals surface area contributed by atoms with Gasteiger partial charge in [0.1, 0.15) is 0 Å². The fourth-order valence-electron chi connectivity index (χ4n) is 5.48. The van der Waals surface area contributed by atoms with E-state index in [1.54, 1.807) is 0 Å². The van der Waals surface area contributed by atoms with Gasteiger partial charge in [0.15, 0.2) is 0 Å². The van der Waals surface area contributed by atoms with E-state index >= 15 is 0 Å². The van der Waals surface area contributed by atoms with Crippen molar-refractivity contribution in [3.63, 3.8) is 0 Å². The molecule has 43 heavy (non-hydrogen) atoms. The van der Waals surface area contributed by atoms with E-state index in [2.05, 4.69) is 27.7 Å². The van der Waals surface area contributed by atoms with Gasteiger partial charge < -0.3 is 9.47 Å². The molecule has 2 radical (unpaired) electrons. The predicted molar refractivity (Wildman–Crippen MR) is 189 cm³/mol. The molecular weight excluding hydrogens is 639 g/mol. The van der Waals surface area contributed by atoms with E-state index in [4.69, 9.17) is 9.47 Å². The van der Waals surface area contributed by atoms with Crippen LogP contribution in [0.4, 0.5) is 0 Å². The van der Waals surface area contributed by atoms with Gasteiger partial charge in [-0.1, -0.05) is 169 Å². The van der Waals surface area contributed by atoms with E-state index < -0.39 is 0 Å². The predicted octanol–water partition coefficient (Wildman–Crippen LogP) is 11.5. The van der Waals surface area contributed by atoms with E-state index in [1.807, 2.05) is 0 Å². The second-order valence-corrected chi connectivity index (χ2v) is 12.5. The van der Waals surface area contributed by atoms with Crippen LogP contribution in [-0.4, -0.2) is 49.1 Å². The molecule has 0 N–H and O–H groups in total. The van der Waals surface area contributed by atoms with E-state index in [0.717, 1.165) is 51.4 Å². The molecule has 0 fully saturated rings. The molecule has 0 unspecified atom stereocenters. The fraction of sp³-hybridized carbons (Fsp3) is 0.895. The summed E-state index contributed by atoms with van der Waals surface area (Å²) in [5.41, 5.74) is 1.19. The Morgan fingerprint density at radius 2 is 0.581 bits per heavy atom. The van der Waals surface area contributed by atoms with Crippen molar-refractivity contribution in [1.82, 2.24) is 0 Å². The molecule has 254 valence electrons. The number of ether oxygens (including phenoxy) is 2. The van der Waals surface area contributed by atoms with Gasteiger partial charge in [-0.3, -0.25) is 0 Å². The molecule has 0 atom stereocenters. The zero-order valence-corrected chi connectivity index (χ0v) is 33.6. The van der Waals surface area contributed by atoms with Crippen LogP contribution in [0.1, 0.15) is 207 Å². The second kappa shape index (κ2) is 36.0. The topological polar surface area (TPSA) is 52.6 Å². The summed E-state index contributed by atoms with van der Waals surface area (Å²) in [5.74, 6) is -0.581. The molecule has 0 aromatic rings. The summed E-state index contributed by atoms with van der Waals surface area (Å²) in [6.45, 7) is 9.57. The van der Waals surface area contributed by atoms with Crippen molar-refractivity contribution in [2.24, 2.45) is 0 Å². The van der Waals surface area contributed by atoms with Crippen LogP contribution in [0.5, 0.6) is 0 Å². The molecule has 0 aliphatic carbocycles. The Hall–Kier alpha value is -0.521. The number of rotatable bonds is 32. The minimum absolute atomic E-state index is 0. The van der Waals surface area contributed by atoms with Gasteiger partial charge in [0, 0.05) is 11.1 Å². The molecule has 0 saturated heterocycles. The van der Waals surface area contributed by atoms with Crippen LogP contribution in [0, 0.1) is 0 Å². The van der Waals surface area contributed by atoms with Crippen LogP contribution < -0.4 is 0 Å². The molecule has 0 bridgehead atoms. The van der Waals surface area contributed by atoms with Crippen molar-refractivity contribution >= 4 is 35.8 Å². The minimum atomic E-state index is -0.291. The third-order valence-corrected chi connectivity index (χ3v) is 8.38. The van der Waals surface area contributed by atoms with Gasteiger partial charge in [-0.15, -0.1) is 0 Å². The van der Waals surface area contributed by atoms with E-state index in [9.17, 15) is 9.59 Å². The maximum atomic E-state index is 13.2. The number of esters is 2. The Kier molecular flexibility index (Phi) is 37.3. The Labute approximate surface area is 285 Å². The fourth-order valence-corrected chi connectivity index (χ4v) is 5.48. The Morgan fingerprint density at radius 1 is 0.349 bits per heavy atom. The molecule has 0 amide bonds. The first-order valence-electron chi connectivity index (χ1n) is 18.7. The summed E-state index contributed by atoms with van der Waals surface area (Å²) in [5, 5.41) is 0. The number of hydrogen-bond acceptors (Lipinski definition) is 4. The second-order valence-electron chi connectivity index (χ2n) is 12.5. The molecule has 0 saturated carbocycles. The average Bonchev–Trinajstić information content (AvgIpc) is 2.99. The third kappa shape index (κ3) is 28.7. The zero-order valence-electron chi connectivity index (χ0n) is 29.6. The van der Waals surface area contributed by atoms with Gasteiger partial charge in [0.25, 0.3) is 0 Å². The number of unbranched alkanes of at least 4 members (excludes halogenated alkanes) is 22. The van der Waals surface area contributed by atoms with Crippen molar-refractivity contribution in [1.29, 1.82) is 0 Å². The van der Waals surface area contributed by atoms with E-state index in [-0.39, 0.29) is 35.8 Å². The van der Waals surface area contributed by atoms with Crippen LogP contribution in [0.2, 0.25) is 0 Å². The third-order valence-electron chi connectivity index (χ3n) is 8.38. The Balaban J connectivity index is 0. The normalized spacial score (nSPS) is 11.6. The molecule has 0 spiro atoms. The first-order chi connectivity index (χ1) is 20.6. The van der Waals surface area contributed by atoms with Crippen molar-refractivity contribution in [2.45, 2.75) is 207 Å². The van der Waals surface area contributed by atoms with Gasteiger partial charge in [-0.2, -0.15) is 0 Å². The van der Waals surface area contributed by atoms with Gasteiger partial charge in [0.05, 0.1) is 13.2 Å². The quantitative estimate of drug-likeness (QED) is 0.0301. The van der Waals surface area contributed by atoms with Gasteiger partial charge in [-0.05, 0) is 38.5 Å². The number of carbonyl (C=O) groups is 2. The summed E-state index contributed by atoms with van der Waals surface area (Å²) < 4.78 is 11.3. The average molecular weight is 714 g/mol. The van der Waals surface area contributed by atoms with Crippen LogP contribution >= 0.6 is 0 Å². The molecular formula is C38H74O4Sn. The standard InChI is InChI=1S/C38H72O4.Sn.2H/c1-5-9-13-15-17-19-21-23-25-27-29-31-35(37(39)41-33-11-7-3)36(38(40)42-34-12-8-4)32-30-28-26-24-22-20-18-16-14-10-6-2;;;/h5-34H2,1-4H3;;;/b36-35-;;;. The van der Waals surface area contributed by atoms with Crippen LogP contribution in [0.3, 0.4) is 0 Å². The first-order valence-corrected chi connectivity index (χ1v) is 18.7.